The summed E-state index contributed by atoms with van der Waals surface area (Å²) in [5, 5.41) is 2.10. The molecule has 0 unspecified atom stereocenters. The number of hydrogen-bond acceptors (Lipinski definition) is 4. The lowest BCUT2D eigenvalue weighted by atomic mass is 10.1. The van der Waals surface area contributed by atoms with Gasteiger partial charge in [0.05, 0.1) is 17.1 Å². The van der Waals surface area contributed by atoms with Crippen molar-refractivity contribution in [3.8, 4) is 0 Å². The van der Waals surface area contributed by atoms with E-state index in [1.807, 2.05) is 4.98 Å². The normalized spacial score (nSPS) is 20.8. The van der Waals surface area contributed by atoms with Crippen LogP contribution < -0.4 is 10.9 Å². The first-order chi connectivity index (χ1) is 10.1. The lowest BCUT2D eigenvalue weighted by molar-refractivity contribution is -0.137. The molecule has 0 spiro atoms. The Morgan fingerprint density at radius 3 is 2.64 bits per heavy atom. The Bertz CT molecular complexity index is 739. The number of aromatic amines is 1. The number of sulfone groups is 1. The average Bonchev–Trinajstić information content (AvgIpc) is 2.70. The molecule has 2 heterocycles. The fourth-order valence-electron chi connectivity index (χ4n) is 2.24. The molecule has 1 aliphatic heterocycles. The molecule has 1 aromatic rings. The van der Waals surface area contributed by atoms with Gasteiger partial charge >= 0.3 is 6.18 Å². The second-order valence-electron chi connectivity index (χ2n) is 5.15. The molecule has 1 aliphatic rings. The van der Waals surface area contributed by atoms with Crippen LogP contribution in [0, 0.1) is 5.92 Å². The molecule has 0 aliphatic carbocycles. The zero-order valence-electron chi connectivity index (χ0n) is 11.2. The second kappa shape index (κ2) is 5.75. The lowest BCUT2D eigenvalue weighted by Gasteiger charge is -2.10. The van der Waals surface area contributed by atoms with Gasteiger partial charge in [0, 0.05) is 12.6 Å². The van der Waals surface area contributed by atoms with E-state index in [9.17, 15) is 31.2 Å². The summed E-state index contributed by atoms with van der Waals surface area (Å²) in [4.78, 5) is 25.1. The molecule has 10 heteroatoms. The number of H-pyrrole nitrogens is 1. The lowest BCUT2D eigenvalue weighted by Crippen LogP contribution is -2.23. The van der Waals surface area contributed by atoms with Gasteiger partial charge in [-0.05, 0) is 18.4 Å². The summed E-state index contributed by atoms with van der Waals surface area (Å²) >= 11 is 0. The Morgan fingerprint density at radius 2 is 2.09 bits per heavy atom. The van der Waals surface area contributed by atoms with Crippen molar-refractivity contribution in [2.24, 2.45) is 5.92 Å². The van der Waals surface area contributed by atoms with E-state index in [-0.39, 0.29) is 23.8 Å². The Balaban J connectivity index is 2.07. The summed E-state index contributed by atoms with van der Waals surface area (Å²) in [6.07, 6.45) is -3.96. The molecule has 2 N–H and O–H groups in total. The third-order valence-electron chi connectivity index (χ3n) is 3.31. The number of carbonyl (C=O) groups is 1. The fraction of sp³-hybridized carbons (Fsp3) is 0.500. The standard InChI is InChI=1S/C12H13F3N2O4S/c13-12(14,15)8-4-9(11(19)16-5-8)17-10(18)3-7-1-2-22(20,21)6-7/h4-5,7H,1-3,6H2,(H,16,19)(H,17,18)/t7-/m0/s1. The van der Waals surface area contributed by atoms with E-state index in [2.05, 4.69) is 5.32 Å². The summed E-state index contributed by atoms with van der Waals surface area (Å²) < 4.78 is 60.2. The first kappa shape index (κ1) is 16.5. The Hall–Kier alpha value is -1.84. The number of amides is 1. The quantitative estimate of drug-likeness (QED) is 0.864. The maximum absolute atomic E-state index is 12.5. The molecule has 0 aromatic carbocycles. The fourth-order valence-corrected chi connectivity index (χ4v) is 4.10. The highest BCUT2D eigenvalue weighted by atomic mass is 32.2. The number of nitrogens with one attached hydrogen (secondary N) is 2. The first-order valence-electron chi connectivity index (χ1n) is 6.37. The molecule has 1 saturated heterocycles. The van der Waals surface area contributed by atoms with Crippen molar-refractivity contribution >= 4 is 21.4 Å². The number of hydrogen-bond donors (Lipinski definition) is 2. The van der Waals surface area contributed by atoms with E-state index in [1.54, 1.807) is 0 Å². The van der Waals surface area contributed by atoms with Crippen molar-refractivity contribution in [3.05, 3.63) is 28.2 Å². The molecule has 1 fully saturated rings. The molecular weight excluding hydrogens is 325 g/mol. The molecule has 6 nitrogen and oxygen atoms in total. The highest BCUT2D eigenvalue weighted by Crippen LogP contribution is 2.29. The van der Waals surface area contributed by atoms with E-state index in [1.165, 1.54) is 0 Å². The summed E-state index contributed by atoms with van der Waals surface area (Å²) in [7, 11) is -3.14. The molecule has 0 radical (unpaired) electrons. The third-order valence-corrected chi connectivity index (χ3v) is 5.14. The Labute approximate surface area is 123 Å². The largest absolute Gasteiger partial charge is 0.417 e. The summed E-state index contributed by atoms with van der Waals surface area (Å²) in [5.74, 6) is -1.20. The van der Waals surface area contributed by atoms with Crippen LogP contribution in [0.1, 0.15) is 18.4 Å². The van der Waals surface area contributed by atoms with Crippen LogP contribution in [0.3, 0.4) is 0 Å². The number of halogens is 3. The summed E-state index contributed by atoms with van der Waals surface area (Å²) in [6.45, 7) is 0. The van der Waals surface area contributed by atoms with Gasteiger partial charge in [0.15, 0.2) is 9.84 Å². The molecule has 1 amide bonds. The van der Waals surface area contributed by atoms with E-state index in [4.69, 9.17) is 0 Å². The highest BCUT2D eigenvalue weighted by molar-refractivity contribution is 7.91. The van der Waals surface area contributed by atoms with Gasteiger partial charge in [-0.3, -0.25) is 9.59 Å². The zero-order valence-corrected chi connectivity index (χ0v) is 12.1. The maximum Gasteiger partial charge on any atom is 0.417 e. The predicted molar refractivity (Wildman–Crippen MR) is 72.1 cm³/mol. The number of anilines is 1. The van der Waals surface area contributed by atoms with Crippen LogP contribution in [0.2, 0.25) is 0 Å². The molecule has 2 rings (SSSR count). The van der Waals surface area contributed by atoms with Gasteiger partial charge in [-0.1, -0.05) is 0 Å². The first-order valence-corrected chi connectivity index (χ1v) is 8.19. The van der Waals surface area contributed by atoms with E-state index in [0.717, 1.165) is 0 Å². The number of pyridine rings is 1. The van der Waals surface area contributed by atoms with Crippen LogP contribution in [0.5, 0.6) is 0 Å². The molecule has 1 atom stereocenters. The van der Waals surface area contributed by atoms with Crippen LogP contribution in [-0.4, -0.2) is 30.8 Å². The number of carbonyl (C=O) groups excluding carboxylic acids is 1. The third kappa shape index (κ3) is 4.09. The smallest absolute Gasteiger partial charge is 0.327 e. The zero-order chi connectivity index (χ0) is 16.5. The van der Waals surface area contributed by atoms with Crippen LogP contribution in [-0.2, 0) is 20.8 Å². The molecule has 0 saturated carbocycles. The molecular formula is C12H13F3N2O4S. The summed E-state index contributed by atoms with van der Waals surface area (Å²) in [6, 6.07) is 0.544. The summed E-state index contributed by atoms with van der Waals surface area (Å²) in [5.41, 5.74) is -2.47. The van der Waals surface area contributed by atoms with Crippen molar-refractivity contribution < 1.29 is 26.4 Å². The van der Waals surface area contributed by atoms with Gasteiger partial charge in [0.1, 0.15) is 5.69 Å². The van der Waals surface area contributed by atoms with Crippen LogP contribution in [0.4, 0.5) is 18.9 Å². The van der Waals surface area contributed by atoms with Gasteiger partial charge in [0.25, 0.3) is 5.56 Å². The minimum absolute atomic E-state index is 0.00487. The van der Waals surface area contributed by atoms with Gasteiger partial charge in [-0.15, -0.1) is 0 Å². The highest BCUT2D eigenvalue weighted by Gasteiger charge is 2.32. The van der Waals surface area contributed by atoms with Gasteiger partial charge < -0.3 is 10.3 Å². The second-order valence-corrected chi connectivity index (χ2v) is 7.38. The molecule has 22 heavy (non-hydrogen) atoms. The molecule has 0 bridgehead atoms. The van der Waals surface area contributed by atoms with Crippen molar-refractivity contribution in [2.45, 2.75) is 19.0 Å². The number of alkyl halides is 3. The topological polar surface area (TPSA) is 96.1 Å². The van der Waals surface area contributed by atoms with Crippen molar-refractivity contribution in [2.75, 3.05) is 16.8 Å². The van der Waals surface area contributed by atoms with E-state index in [0.29, 0.717) is 18.7 Å². The molecule has 122 valence electrons. The van der Waals surface area contributed by atoms with Crippen LogP contribution >= 0.6 is 0 Å². The minimum atomic E-state index is -4.65. The number of rotatable bonds is 3. The van der Waals surface area contributed by atoms with Gasteiger partial charge in [0.2, 0.25) is 5.91 Å². The Kier molecular flexibility index (Phi) is 4.32. The predicted octanol–water partition coefficient (Wildman–Crippen LogP) is 1.16. The van der Waals surface area contributed by atoms with E-state index >= 15 is 0 Å². The van der Waals surface area contributed by atoms with Gasteiger partial charge in [-0.25, -0.2) is 8.42 Å². The maximum atomic E-state index is 12.5. The van der Waals surface area contributed by atoms with Crippen molar-refractivity contribution in [3.63, 3.8) is 0 Å². The van der Waals surface area contributed by atoms with Crippen molar-refractivity contribution in [1.29, 1.82) is 0 Å². The van der Waals surface area contributed by atoms with E-state index < -0.39 is 38.7 Å². The van der Waals surface area contributed by atoms with Gasteiger partial charge in [-0.2, -0.15) is 13.2 Å². The molecule has 1 aromatic heterocycles. The minimum Gasteiger partial charge on any atom is -0.327 e. The average molecular weight is 338 g/mol. The monoisotopic (exact) mass is 338 g/mol. The van der Waals surface area contributed by atoms with Crippen LogP contribution in [0.15, 0.2) is 17.1 Å². The SMILES string of the molecule is O=C(C[C@@H]1CCS(=O)(=O)C1)Nc1cc(C(F)(F)F)c[nH]c1=O. The van der Waals surface area contributed by atoms with Crippen LogP contribution in [0.25, 0.3) is 0 Å². The Morgan fingerprint density at radius 1 is 1.41 bits per heavy atom. The number of aromatic nitrogens is 1. The van der Waals surface area contributed by atoms with Crippen molar-refractivity contribution in [1.82, 2.24) is 4.98 Å².